The van der Waals surface area contributed by atoms with Gasteiger partial charge in [-0.2, -0.15) is 0 Å². The monoisotopic (exact) mass is 219 g/mol. The first kappa shape index (κ1) is 10.8. The summed E-state index contributed by atoms with van der Waals surface area (Å²) < 4.78 is 0. The largest absolute Gasteiger partial charge is 0.399 e. The second kappa shape index (κ2) is 4.04. The number of benzene rings is 1. The van der Waals surface area contributed by atoms with E-state index in [2.05, 4.69) is 12.2 Å². The first-order valence-electron chi connectivity index (χ1n) is 5.57. The summed E-state index contributed by atoms with van der Waals surface area (Å²) >= 11 is 0. The lowest BCUT2D eigenvalue weighted by molar-refractivity contribution is 0.100. The van der Waals surface area contributed by atoms with Gasteiger partial charge in [-0.05, 0) is 30.5 Å². The number of carbonyl (C=O) groups excluding carboxylic acids is 1. The molecule has 0 bridgehead atoms. The van der Waals surface area contributed by atoms with E-state index in [0.717, 1.165) is 11.6 Å². The topological polar surface area (TPSA) is 81.1 Å². The molecule has 0 aromatic heterocycles. The number of anilines is 2. The van der Waals surface area contributed by atoms with Crippen molar-refractivity contribution in [2.75, 3.05) is 11.1 Å². The number of rotatable bonds is 4. The zero-order valence-corrected chi connectivity index (χ0v) is 9.36. The van der Waals surface area contributed by atoms with Crippen LogP contribution in [0, 0.1) is 5.92 Å². The van der Waals surface area contributed by atoms with Gasteiger partial charge in [-0.3, -0.25) is 4.79 Å². The summed E-state index contributed by atoms with van der Waals surface area (Å²) in [6.45, 7) is 2.17. The van der Waals surface area contributed by atoms with Crippen LogP contribution in [-0.2, 0) is 0 Å². The van der Waals surface area contributed by atoms with Crippen LogP contribution in [0.4, 0.5) is 11.4 Å². The third-order valence-corrected chi connectivity index (χ3v) is 3.10. The highest BCUT2D eigenvalue weighted by molar-refractivity contribution is 5.99. The van der Waals surface area contributed by atoms with Crippen molar-refractivity contribution in [1.29, 1.82) is 0 Å². The number of nitrogen functional groups attached to an aromatic ring is 1. The Morgan fingerprint density at radius 2 is 2.31 bits per heavy atom. The van der Waals surface area contributed by atoms with Gasteiger partial charge >= 0.3 is 0 Å². The fourth-order valence-electron chi connectivity index (χ4n) is 1.97. The Morgan fingerprint density at radius 3 is 2.88 bits per heavy atom. The number of primary amides is 1. The maximum Gasteiger partial charge on any atom is 0.250 e. The number of nitrogens with two attached hydrogens (primary N) is 2. The van der Waals surface area contributed by atoms with E-state index in [-0.39, 0.29) is 0 Å². The van der Waals surface area contributed by atoms with Gasteiger partial charge in [0.15, 0.2) is 0 Å². The van der Waals surface area contributed by atoms with E-state index < -0.39 is 5.91 Å². The normalized spacial score (nSPS) is 22.8. The van der Waals surface area contributed by atoms with E-state index in [4.69, 9.17) is 11.5 Å². The lowest BCUT2D eigenvalue weighted by Gasteiger charge is -2.10. The highest BCUT2D eigenvalue weighted by atomic mass is 16.1. The minimum absolute atomic E-state index is 0.441. The van der Waals surface area contributed by atoms with Crippen LogP contribution < -0.4 is 16.8 Å². The van der Waals surface area contributed by atoms with E-state index >= 15 is 0 Å². The smallest absolute Gasteiger partial charge is 0.250 e. The average molecular weight is 219 g/mol. The summed E-state index contributed by atoms with van der Waals surface area (Å²) in [7, 11) is 0. The Bertz CT molecular complexity index is 417. The summed E-state index contributed by atoms with van der Waals surface area (Å²) in [6, 6.07) is 5.69. The first-order valence-corrected chi connectivity index (χ1v) is 5.57. The van der Waals surface area contributed by atoms with Crippen LogP contribution in [0.15, 0.2) is 18.2 Å². The molecule has 0 heterocycles. The minimum atomic E-state index is -0.441. The molecule has 1 aromatic carbocycles. The molecule has 1 aliphatic rings. The summed E-state index contributed by atoms with van der Waals surface area (Å²) in [5.74, 6) is 0.279. The van der Waals surface area contributed by atoms with Gasteiger partial charge in [0.2, 0.25) is 0 Å². The fraction of sp³-hybridized carbons (Fsp3) is 0.417. The van der Waals surface area contributed by atoms with Crippen molar-refractivity contribution in [3.05, 3.63) is 23.8 Å². The molecular formula is C12H17N3O. The standard InChI is InChI=1S/C12H17N3O/c1-2-7-5-11(7)15-10-4-3-8(13)6-9(10)12(14)16/h3-4,6-7,11,15H,2,5,13H2,1H3,(H2,14,16). The van der Waals surface area contributed by atoms with E-state index in [1.165, 1.54) is 12.8 Å². The number of amides is 1. The number of hydrogen-bond acceptors (Lipinski definition) is 3. The second-order valence-corrected chi connectivity index (χ2v) is 4.32. The van der Waals surface area contributed by atoms with Crippen molar-refractivity contribution >= 4 is 17.3 Å². The quantitative estimate of drug-likeness (QED) is 0.672. The van der Waals surface area contributed by atoms with Crippen LogP contribution in [-0.4, -0.2) is 11.9 Å². The van der Waals surface area contributed by atoms with Crippen LogP contribution in [0.2, 0.25) is 0 Å². The van der Waals surface area contributed by atoms with Gasteiger partial charge in [0.05, 0.1) is 5.56 Å². The molecule has 5 N–H and O–H groups in total. The van der Waals surface area contributed by atoms with Gasteiger partial charge in [0.1, 0.15) is 0 Å². The van der Waals surface area contributed by atoms with Crippen molar-refractivity contribution in [2.24, 2.45) is 11.7 Å². The van der Waals surface area contributed by atoms with E-state index in [1.807, 2.05) is 6.07 Å². The Kier molecular flexibility index (Phi) is 2.73. The number of hydrogen-bond donors (Lipinski definition) is 3. The fourth-order valence-corrected chi connectivity index (χ4v) is 1.97. The van der Waals surface area contributed by atoms with Crippen LogP contribution in [0.25, 0.3) is 0 Å². The number of carbonyl (C=O) groups is 1. The summed E-state index contributed by atoms with van der Waals surface area (Å²) in [5, 5.41) is 3.34. The molecule has 0 spiro atoms. The van der Waals surface area contributed by atoms with Gasteiger partial charge < -0.3 is 16.8 Å². The molecular weight excluding hydrogens is 202 g/mol. The highest BCUT2D eigenvalue weighted by Crippen LogP contribution is 2.36. The minimum Gasteiger partial charge on any atom is -0.399 e. The van der Waals surface area contributed by atoms with Gasteiger partial charge in [0, 0.05) is 17.4 Å². The van der Waals surface area contributed by atoms with Crippen molar-refractivity contribution in [2.45, 2.75) is 25.8 Å². The Labute approximate surface area is 95.0 Å². The average Bonchev–Trinajstić information content (AvgIpc) is 2.99. The van der Waals surface area contributed by atoms with Crippen molar-refractivity contribution in [3.63, 3.8) is 0 Å². The SMILES string of the molecule is CCC1CC1Nc1ccc(N)cc1C(N)=O. The number of nitrogens with one attached hydrogen (secondary N) is 1. The van der Waals surface area contributed by atoms with Crippen LogP contribution in [0.3, 0.4) is 0 Å². The van der Waals surface area contributed by atoms with Crippen LogP contribution in [0.1, 0.15) is 30.1 Å². The molecule has 1 saturated carbocycles. The molecule has 2 unspecified atom stereocenters. The molecule has 0 saturated heterocycles. The second-order valence-electron chi connectivity index (χ2n) is 4.32. The molecule has 86 valence electrons. The molecule has 4 nitrogen and oxygen atoms in total. The van der Waals surface area contributed by atoms with Crippen molar-refractivity contribution in [1.82, 2.24) is 0 Å². The maximum atomic E-state index is 11.3. The molecule has 1 amide bonds. The highest BCUT2D eigenvalue weighted by Gasteiger charge is 2.35. The molecule has 1 aromatic rings. The molecule has 16 heavy (non-hydrogen) atoms. The molecule has 2 atom stereocenters. The molecule has 1 aliphatic carbocycles. The Morgan fingerprint density at radius 1 is 1.56 bits per heavy atom. The summed E-state index contributed by atoms with van der Waals surface area (Å²) in [6.07, 6.45) is 2.33. The Hall–Kier alpha value is -1.71. The van der Waals surface area contributed by atoms with Crippen LogP contribution in [0.5, 0.6) is 0 Å². The van der Waals surface area contributed by atoms with Crippen molar-refractivity contribution in [3.8, 4) is 0 Å². The Balaban J connectivity index is 2.17. The molecule has 0 aliphatic heterocycles. The summed E-state index contributed by atoms with van der Waals surface area (Å²) in [5.41, 5.74) is 12.8. The van der Waals surface area contributed by atoms with E-state index in [1.54, 1.807) is 12.1 Å². The van der Waals surface area contributed by atoms with Gasteiger partial charge in [-0.25, -0.2) is 0 Å². The third-order valence-electron chi connectivity index (χ3n) is 3.10. The molecule has 4 heteroatoms. The lowest BCUT2D eigenvalue weighted by atomic mass is 10.1. The van der Waals surface area contributed by atoms with E-state index in [9.17, 15) is 4.79 Å². The van der Waals surface area contributed by atoms with Gasteiger partial charge in [0.25, 0.3) is 5.91 Å². The summed E-state index contributed by atoms with van der Waals surface area (Å²) in [4.78, 5) is 11.3. The molecule has 2 rings (SSSR count). The van der Waals surface area contributed by atoms with E-state index in [0.29, 0.717) is 17.3 Å². The maximum absolute atomic E-state index is 11.3. The molecule has 1 fully saturated rings. The third kappa shape index (κ3) is 2.10. The predicted octanol–water partition coefficient (Wildman–Crippen LogP) is 1.58. The van der Waals surface area contributed by atoms with Gasteiger partial charge in [-0.1, -0.05) is 13.3 Å². The predicted molar refractivity (Wildman–Crippen MR) is 65.2 cm³/mol. The van der Waals surface area contributed by atoms with Gasteiger partial charge in [-0.15, -0.1) is 0 Å². The molecule has 0 radical (unpaired) electrons. The lowest BCUT2D eigenvalue weighted by Crippen LogP contribution is -2.16. The zero-order chi connectivity index (χ0) is 11.7. The van der Waals surface area contributed by atoms with Crippen molar-refractivity contribution < 1.29 is 4.79 Å². The first-order chi connectivity index (χ1) is 7.61. The zero-order valence-electron chi connectivity index (χ0n) is 9.36. The van der Waals surface area contributed by atoms with Crippen LogP contribution >= 0.6 is 0 Å².